The van der Waals surface area contributed by atoms with Gasteiger partial charge in [0, 0.05) is 18.7 Å². The van der Waals surface area contributed by atoms with Gasteiger partial charge in [0.1, 0.15) is 6.61 Å². The largest absolute Gasteiger partial charge is 0.459 e. The molecule has 0 amide bonds. The number of thiazole rings is 1. The molecule has 0 aliphatic heterocycles. The molecular weight excluding hydrogens is 412 g/mol. The van der Waals surface area contributed by atoms with E-state index in [2.05, 4.69) is 10.1 Å². The molecule has 5 aromatic rings. The van der Waals surface area contributed by atoms with Crippen LogP contribution >= 0.6 is 11.3 Å². The quantitative estimate of drug-likeness (QED) is 0.383. The summed E-state index contributed by atoms with van der Waals surface area (Å²) in [6, 6.07) is 18.9. The van der Waals surface area contributed by atoms with E-state index in [1.165, 1.54) is 17.4 Å². The van der Waals surface area contributed by atoms with Crippen LogP contribution in [-0.2, 0) is 22.6 Å². The second-order valence-corrected chi connectivity index (χ2v) is 8.07. The summed E-state index contributed by atoms with van der Waals surface area (Å²) in [5, 5.41) is 4.33. The molecule has 154 valence electrons. The normalized spacial score (nSPS) is 11.2. The standard InChI is InChI=1S/C23H18N4O3S/c28-21-12-17(25-23-27(21)19-8-4-5-9-20(19)31-23)15-30-22(29)11-10-16-13-24-26(14-16)18-6-2-1-3-7-18/h1-9,12-14H,10-11,15H2. The molecule has 3 heterocycles. The number of hydrogen-bond acceptors (Lipinski definition) is 6. The van der Waals surface area contributed by atoms with E-state index in [-0.39, 0.29) is 24.6 Å². The van der Waals surface area contributed by atoms with E-state index in [0.717, 1.165) is 21.5 Å². The predicted molar refractivity (Wildman–Crippen MR) is 119 cm³/mol. The highest BCUT2D eigenvalue weighted by Crippen LogP contribution is 2.23. The highest BCUT2D eigenvalue weighted by Gasteiger charge is 2.11. The van der Waals surface area contributed by atoms with Gasteiger partial charge in [0.15, 0.2) is 4.96 Å². The van der Waals surface area contributed by atoms with Gasteiger partial charge in [-0.05, 0) is 36.2 Å². The smallest absolute Gasteiger partial charge is 0.306 e. The number of aromatic nitrogens is 4. The molecule has 31 heavy (non-hydrogen) atoms. The van der Waals surface area contributed by atoms with Gasteiger partial charge in [-0.3, -0.25) is 14.0 Å². The average molecular weight is 430 g/mol. The van der Waals surface area contributed by atoms with Crippen molar-refractivity contribution in [3.63, 3.8) is 0 Å². The van der Waals surface area contributed by atoms with E-state index in [0.29, 0.717) is 17.1 Å². The van der Waals surface area contributed by atoms with Crippen LogP contribution in [0.15, 0.2) is 77.9 Å². The molecule has 2 aromatic carbocycles. The van der Waals surface area contributed by atoms with Crippen LogP contribution in [0.4, 0.5) is 0 Å². The number of para-hydroxylation sites is 2. The minimum Gasteiger partial charge on any atom is -0.459 e. The number of esters is 1. The number of carbonyl (C=O) groups is 1. The molecule has 0 spiro atoms. The summed E-state index contributed by atoms with van der Waals surface area (Å²) in [6.07, 6.45) is 4.40. The first-order chi connectivity index (χ1) is 15.2. The predicted octanol–water partition coefficient (Wildman–Crippen LogP) is 3.77. The lowest BCUT2D eigenvalue weighted by molar-refractivity contribution is -0.145. The van der Waals surface area contributed by atoms with Gasteiger partial charge < -0.3 is 4.74 Å². The van der Waals surface area contributed by atoms with E-state index in [1.807, 2.05) is 60.8 Å². The Labute approximate surface area is 181 Å². The van der Waals surface area contributed by atoms with Crippen molar-refractivity contribution in [1.82, 2.24) is 19.2 Å². The molecule has 0 N–H and O–H groups in total. The first-order valence-electron chi connectivity index (χ1n) is 9.82. The van der Waals surface area contributed by atoms with Crippen LogP contribution in [0.5, 0.6) is 0 Å². The van der Waals surface area contributed by atoms with E-state index < -0.39 is 0 Å². The van der Waals surface area contributed by atoms with E-state index in [4.69, 9.17) is 4.74 Å². The molecule has 0 radical (unpaired) electrons. The van der Waals surface area contributed by atoms with Crippen molar-refractivity contribution < 1.29 is 9.53 Å². The Morgan fingerprint density at radius 3 is 2.74 bits per heavy atom. The van der Waals surface area contributed by atoms with Crippen LogP contribution in [0.1, 0.15) is 17.7 Å². The van der Waals surface area contributed by atoms with Gasteiger partial charge in [-0.1, -0.05) is 41.7 Å². The zero-order chi connectivity index (χ0) is 21.2. The molecule has 0 fully saturated rings. The van der Waals surface area contributed by atoms with Crippen molar-refractivity contribution in [3.05, 3.63) is 94.7 Å². The number of aryl methyl sites for hydroxylation is 1. The lowest BCUT2D eigenvalue weighted by atomic mass is 10.2. The highest BCUT2D eigenvalue weighted by atomic mass is 32.1. The summed E-state index contributed by atoms with van der Waals surface area (Å²) in [4.78, 5) is 29.8. The van der Waals surface area contributed by atoms with Gasteiger partial charge >= 0.3 is 5.97 Å². The summed E-state index contributed by atoms with van der Waals surface area (Å²) in [6.45, 7) is -0.0257. The summed E-state index contributed by atoms with van der Waals surface area (Å²) in [7, 11) is 0. The molecule has 0 aliphatic rings. The maximum absolute atomic E-state index is 12.5. The maximum atomic E-state index is 12.5. The average Bonchev–Trinajstić information content (AvgIpc) is 3.41. The maximum Gasteiger partial charge on any atom is 0.306 e. The first-order valence-corrected chi connectivity index (χ1v) is 10.6. The third-order valence-corrected chi connectivity index (χ3v) is 5.93. The van der Waals surface area contributed by atoms with Crippen molar-refractivity contribution in [2.24, 2.45) is 0 Å². The Kier molecular flexibility index (Phi) is 5.05. The molecule has 0 unspecified atom stereocenters. The van der Waals surface area contributed by atoms with Crippen LogP contribution in [0.25, 0.3) is 20.9 Å². The third kappa shape index (κ3) is 3.97. The molecule has 3 aromatic heterocycles. The fourth-order valence-electron chi connectivity index (χ4n) is 3.38. The van der Waals surface area contributed by atoms with Crippen molar-refractivity contribution in [2.45, 2.75) is 19.4 Å². The van der Waals surface area contributed by atoms with Gasteiger partial charge in [0.05, 0.1) is 27.8 Å². The summed E-state index contributed by atoms with van der Waals surface area (Å²) >= 11 is 1.43. The number of hydrogen-bond donors (Lipinski definition) is 0. The van der Waals surface area contributed by atoms with Crippen LogP contribution in [0.3, 0.4) is 0 Å². The molecule has 0 saturated heterocycles. The Morgan fingerprint density at radius 2 is 1.87 bits per heavy atom. The Bertz CT molecular complexity index is 1440. The van der Waals surface area contributed by atoms with Crippen LogP contribution in [0, 0.1) is 0 Å². The van der Waals surface area contributed by atoms with Crippen LogP contribution in [-0.4, -0.2) is 25.1 Å². The zero-order valence-electron chi connectivity index (χ0n) is 16.5. The Hall–Kier alpha value is -3.78. The molecule has 0 aliphatic carbocycles. The minimum atomic E-state index is -0.342. The second-order valence-electron chi connectivity index (χ2n) is 7.06. The molecule has 5 rings (SSSR count). The second kappa shape index (κ2) is 8.16. The van der Waals surface area contributed by atoms with Crippen LogP contribution in [0.2, 0.25) is 0 Å². The summed E-state index contributed by atoms with van der Waals surface area (Å²) in [5.74, 6) is -0.342. The topological polar surface area (TPSA) is 78.5 Å². The lowest BCUT2D eigenvalue weighted by Gasteiger charge is -2.04. The molecule has 7 nitrogen and oxygen atoms in total. The SMILES string of the molecule is O=C(CCc1cnn(-c2ccccc2)c1)OCc1cc(=O)n2c(n1)sc1ccccc12. The van der Waals surface area contributed by atoms with Gasteiger partial charge in [-0.2, -0.15) is 5.10 Å². The molecule has 0 atom stereocenters. The number of nitrogens with zero attached hydrogens (tertiary/aromatic N) is 4. The lowest BCUT2D eigenvalue weighted by Crippen LogP contribution is -2.15. The number of carbonyl (C=O) groups excluding carboxylic acids is 1. The van der Waals surface area contributed by atoms with Gasteiger partial charge in [-0.15, -0.1) is 0 Å². The van der Waals surface area contributed by atoms with E-state index in [1.54, 1.807) is 15.3 Å². The number of rotatable bonds is 6. The Morgan fingerprint density at radius 1 is 1.06 bits per heavy atom. The first kappa shape index (κ1) is 19.2. The van der Waals surface area contributed by atoms with Crippen LogP contribution < -0.4 is 5.56 Å². The van der Waals surface area contributed by atoms with Gasteiger partial charge in [0.25, 0.3) is 5.56 Å². The molecular formula is C23H18N4O3S. The van der Waals surface area contributed by atoms with Gasteiger partial charge in [-0.25, -0.2) is 9.67 Å². The van der Waals surface area contributed by atoms with Gasteiger partial charge in [0.2, 0.25) is 0 Å². The monoisotopic (exact) mass is 430 g/mol. The number of fused-ring (bicyclic) bond motifs is 3. The Balaban J connectivity index is 1.22. The zero-order valence-corrected chi connectivity index (χ0v) is 17.3. The molecule has 0 saturated carbocycles. The number of benzene rings is 2. The van der Waals surface area contributed by atoms with Crippen molar-refractivity contribution >= 4 is 32.5 Å². The highest BCUT2D eigenvalue weighted by molar-refractivity contribution is 7.23. The molecule has 8 heteroatoms. The third-order valence-electron chi connectivity index (χ3n) is 4.90. The van der Waals surface area contributed by atoms with E-state index >= 15 is 0 Å². The molecule has 0 bridgehead atoms. The number of ether oxygens (including phenoxy) is 1. The summed E-state index contributed by atoms with van der Waals surface area (Å²) in [5.41, 5.74) is 3.01. The minimum absolute atomic E-state index is 0.0257. The fourth-order valence-corrected chi connectivity index (χ4v) is 4.43. The van der Waals surface area contributed by atoms with E-state index in [9.17, 15) is 9.59 Å². The van der Waals surface area contributed by atoms with Crippen molar-refractivity contribution in [3.8, 4) is 5.69 Å². The summed E-state index contributed by atoms with van der Waals surface area (Å²) < 4.78 is 9.69. The van der Waals surface area contributed by atoms with Crippen molar-refractivity contribution in [1.29, 1.82) is 0 Å². The van der Waals surface area contributed by atoms with Crippen molar-refractivity contribution in [2.75, 3.05) is 0 Å². The fraction of sp³-hybridized carbons (Fsp3) is 0.130.